The summed E-state index contributed by atoms with van der Waals surface area (Å²) in [6.07, 6.45) is 0. The molecular weight excluding hydrogens is 266 g/mol. The van der Waals surface area contributed by atoms with Crippen molar-refractivity contribution in [3.8, 4) is 0 Å². The van der Waals surface area contributed by atoms with Crippen molar-refractivity contribution in [3.63, 3.8) is 0 Å². The molecule has 0 aliphatic carbocycles. The number of hydrogen-bond donors (Lipinski definition) is 1. The molecule has 4 nitrogen and oxygen atoms in total. The lowest BCUT2D eigenvalue weighted by Gasteiger charge is -2.11. The lowest BCUT2D eigenvalue weighted by molar-refractivity contribution is 0.0998. The van der Waals surface area contributed by atoms with Gasteiger partial charge in [-0.25, -0.2) is 8.78 Å². The fourth-order valence-corrected chi connectivity index (χ4v) is 1.88. The molecule has 0 atom stereocenters. The van der Waals surface area contributed by atoms with Crippen molar-refractivity contribution < 1.29 is 13.6 Å². The smallest absolute Gasteiger partial charge is 0.263 e. The van der Waals surface area contributed by atoms with Crippen LogP contribution in [0, 0.1) is 18.6 Å². The number of carbonyl (C=O) groups excluding carboxylic acids is 1. The molecule has 1 aromatic heterocycles. The first-order valence-corrected chi connectivity index (χ1v) is 5.84. The summed E-state index contributed by atoms with van der Waals surface area (Å²) < 4.78 is 27.3. The van der Waals surface area contributed by atoms with Crippen LogP contribution in [0.3, 0.4) is 0 Å². The lowest BCUT2D eigenvalue weighted by Crippen LogP contribution is -2.31. The van der Waals surface area contributed by atoms with Gasteiger partial charge in [-0.2, -0.15) is 0 Å². The number of primary amides is 1. The van der Waals surface area contributed by atoms with Crippen LogP contribution in [-0.4, -0.2) is 10.5 Å². The number of benzene rings is 1. The van der Waals surface area contributed by atoms with E-state index in [2.05, 4.69) is 0 Å². The second-order valence-electron chi connectivity index (χ2n) is 4.39. The van der Waals surface area contributed by atoms with Crippen LogP contribution in [0.25, 0.3) is 0 Å². The molecule has 0 bridgehead atoms. The monoisotopic (exact) mass is 278 g/mol. The zero-order valence-corrected chi connectivity index (χ0v) is 10.7. The molecule has 2 rings (SSSR count). The highest BCUT2D eigenvalue weighted by Gasteiger charge is 2.12. The zero-order chi connectivity index (χ0) is 14.9. The Morgan fingerprint density at radius 3 is 2.50 bits per heavy atom. The molecular formula is C14H12F2N2O2. The van der Waals surface area contributed by atoms with Crippen LogP contribution >= 0.6 is 0 Å². The molecule has 0 saturated heterocycles. The van der Waals surface area contributed by atoms with Gasteiger partial charge in [0.05, 0.1) is 6.54 Å². The van der Waals surface area contributed by atoms with Crippen molar-refractivity contribution in [1.82, 2.24) is 4.57 Å². The number of nitrogens with two attached hydrogens (primary N) is 1. The number of carbonyl (C=O) groups is 1. The van der Waals surface area contributed by atoms with Gasteiger partial charge in [0.1, 0.15) is 5.56 Å². The molecule has 1 heterocycles. The van der Waals surface area contributed by atoms with Gasteiger partial charge in [-0.1, -0.05) is 6.07 Å². The molecule has 2 N–H and O–H groups in total. The number of rotatable bonds is 3. The summed E-state index contributed by atoms with van der Waals surface area (Å²) in [6, 6.07) is 6.30. The minimum absolute atomic E-state index is 0.0307. The van der Waals surface area contributed by atoms with Crippen LogP contribution < -0.4 is 11.3 Å². The molecule has 0 aliphatic rings. The van der Waals surface area contributed by atoms with Crippen LogP contribution in [0.5, 0.6) is 0 Å². The van der Waals surface area contributed by atoms with E-state index in [-0.39, 0.29) is 12.1 Å². The standard InChI is InChI=1S/C14H12F2N2O2/c1-8-2-4-10(13(17)19)14(20)18(8)7-9-3-5-11(15)12(16)6-9/h2-6H,7H2,1H3,(H2,17,19). The van der Waals surface area contributed by atoms with E-state index < -0.39 is 23.1 Å². The summed E-state index contributed by atoms with van der Waals surface area (Å²) in [5.41, 5.74) is 5.42. The second kappa shape index (κ2) is 5.24. The normalized spacial score (nSPS) is 10.6. The maximum Gasteiger partial charge on any atom is 0.263 e. The third-order valence-electron chi connectivity index (χ3n) is 2.98. The van der Waals surface area contributed by atoms with Gasteiger partial charge in [0.25, 0.3) is 11.5 Å². The largest absolute Gasteiger partial charge is 0.365 e. The Morgan fingerprint density at radius 2 is 1.90 bits per heavy atom. The van der Waals surface area contributed by atoms with Crippen LogP contribution in [0.2, 0.25) is 0 Å². The summed E-state index contributed by atoms with van der Waals surface area (Å²) in [5, 5.41) is 0. The van der Waals surface area contributed by atoms with Crippen molar-refractivity contribution in [2.24, 2.45) is 5.73 Å². The maximum atomic E-state index is 13.2. The van der Waals surface area contributed by atoms with Crippen molar-refractivity contribution >= 4 is 5.91 Å². The fourth-order valence-electron chi connectivity index (χ4n) is 1.88. The molecule has 0 spiro atoms. The van der Waals surface area contributed by atoms with Crippen LogP contribution in [0.15, 0.2) is 35.1 Å². The third-order valence-corrected chi connectivity index (χ3v) is 2.98. The van der Waals surface area contributed by atoms with Crippen molar-refractivity contribution in [2.45, 2.75) is 13.5 Å². The predicted molar refractivity (Wildman–Crippen MR) is 69.4 cm³/mol. The van der Waals surface area contributed by atoms with Gasteiger partial charge < -0.3 is 10.3 Å². The number of aromatic nitrogens is 1. The SMILES string of the molecule is Cc1ccc(C(N)=O)c(=O)n1Cc1ccc(F)c(F)c1. The van der Waals surface area contributed by atoms with Gasteiger partial charge in [-0.05, 0) is 36.8 Å². The van der Waals surface area contributed by atoms with Crippen molar-refractivity contribution in [1.29, 1.82) is 0 Å². The summed E-state index contributed by atoms with van der Waals surface area (Å²) in [7, 11) is 0. The predicted octanol–water partition coefficient (Wildman–Crippen LogP) is 1.58. The average molecular weight is 278 g/mol. The van der Waals surface area contributed by atoms with E-state index in [1.807, 2.05) is 0 Å². The number of nitrogens with zero attached hydrogens (tertiary/aromatic N) is 1. The molecule has 6 heteroatoms. The maximum absolute atomic E-state index is 13.2. The Labute approximate surface area is 113 Å². The van der Waals surface area contributed by atoms with E-state index >= 15 is 0 Å². The van der Waals surface area contributed by atoms with E-state index in [0.717, 1.165) is 12.1 Å². The van der Waals surface area contributed by atoms with E-state index in [1.54, 1.807) is 13.0 Å². The minimum atomic E-state index is -0.987. The quantitative estimate of drug-likeness (QED) is 0.926. The van der Waals surface area contributed by atoms with Crippen LogP contribution in [0.4, 0.5) is 8.78 Å². The molecule has 104 valence electrons. The highest BCUT2D eigenvalue weighted by Crippen LogP contribution is 2.10. The Kier molecular flexibility index (Phi) is 3.65. The van der Waals surface area contributed by atoms with E-state index in [1.165, 1.54) is 16.7 Å². The number of hydrogen-bond acceptors (Lipinski definition) is 2. The van der Waals surface area contributed by atoms with Gasteiger partial charge in [0.2, 0.25) is 0 Å². The zero-order valence-electron chi connectivity index (χ0n) is 10.7. The molecule has 1 amide bonds. The lowest BCUT2D eigenvalue weighted by atomic mass is 10.2. The number of amides is 1. The number of aryl methyl sites for hydroxylation is 1. The Bertz CT molecular complexity index is 738. The van der Waals surface area contributed by atoms with Crippen molar-refractivity contribution in [2.75, 3.05) is 0 Å². The third kappa shape index (κ3) is 2.59. The van der Waals surface area contributed by atoms with Crippen LogP contribution in [-0.2, 0) is 6.54 Å². The molecule has 0 fully saturated rings. The fraction of sp³-hybridized carbons (Fsp3) is 0.143. The highest BCUT2D eigenvalue weighted by molar-refractivity contribution is 5.92. The van der Waals surface area contributed by atoms with Gasteiger partial charge in [-0.3, -0.25) is 9.59 Å². The first-order valence-electron chi connectivity index (χ1n) is 5.84. The Hall–Kier alpha value is -2.50. The summed E-state index contributed by atoms with van der Waals surface area (Å²) in [6.45, 7) is 1.70. The molecule has 0 aliphatic heterocycles. The molecule has 1 aromatic carbocycles. The Balaban J connectivity index is 2.48. The molecule has 2 aromatic rings. The van der Waals surface area contributed by atoms with Gasteiger partial charge in [-0.15, -0.1) is 0 Å². The molecule has 20 heavy (non-hydrogen) atoms. The topological polar surface area (TPSA) is 65.1 Å². The molecule has 0 radical (unpaired) electrons. The summed E-state index contributed by atoms with van der Waals surface area (Å²) >= 11 is 0. The number of pyridine rings is 1. The molecule has 0 unspecified atom stereocenters. The van der Waals surface area contributed by atoms with Gasteiger partial charge in [0.15, 0.2) is 11.6 Å². The Morgan fingerprint density at radius 1 is 1.20 bits per heavy atom. The molecule has 0 saturated carbocycles. The van der Waals surface area contributed by atoms with Crippen molar-refractivity contribution in [3.05, 3.63) is 69.1 Å². The first kappa shape index (κ1) is 13.9. The van der Waals surface area contributed by atoms with Gasteiger partial charge in [0, 0.05) is 5.69 Å². The highest BCUT2D eigenvalue weighted by atomic mass is 19.2. The first-order chi connectivity index (χ1) is 9.40. The minimum Gasteiger partial charge on any atom is -0.365 e. The van der Waals surface area contributed by atoms with E-state index in [4.69, 9.17) is 5.73 Å². The second-order valence-corrected chi connectivity index (χ2v) is 4.39. The summed E-state index contributed by atoms with van der Waals surface area (Å²) in [5.74, 6) is -2.77. The summed E-state index contributed by atoms with van der Waals surface area (Å²) in [4.78, 5) is 23.2. The van der Waals surface area contributed by atoms with E-state index in [0.29, 0.717) is 11.3 Å². The van der Waals surface area contributed by atoms with E-state index in [9.17, 15) is 18.4 Å². The number of halogens is 2. The van der Waals surface area contributed by atoms with Gasteiger partial charge >= 0.3 is 0 Å². The average Bonchev–Trinajstić information content (AvgIpc) is 2.38. The van der Waals surface area contributed by atoms with Crippen LogP contribution in [0.1, 0.15) is 21.6 Å².